The van der Waals surface area contributed by atoms with Gasteiger partial charge in [-0.3, -0.25) is 0 Å². The number of methoxy groups -OCH3 is 1. The lowest BCUT2D eigenvalue weighted by Gasteiger charge is -2.27. The molecular weight excluding hydrogens is 412 g/mol. The lowest BCUT2D eigenvalue weighted by Crippen LogP contribution is -2.36. The fourth-order valence-electron chi connectivity index (χ4n) is 3.49. The van der Waals surface area contributed by atoms with E-state index in [0.717, 1.165) is 46.6 Å². The molecule has 4 rings (SSSR count). The Morgan fingerprint density at radius 3 is 2.97 bits per heavy atom. The number of aliphatic hydroxyl groups excluding tert-OH is 1. The molecule has 0 aliphatic heterocycles. The van der Waals surface area contributed by atoms with E-state index in [1.165, 1.54) is 11.3 Å². The van der Waals surface area contributed by atoms with E-state index >= 15 is 0 Å². The number of nitrogens with one attached hydrogen (secondary N) is 1. The molecule has 1 fully saturated rings. The number of pyridine rings is 1. The first kappa shape index (κ1) is 20.0. The summed E-state index contributed by atoms with van der Waals surface area (Å²) in [6.07, 6.45) is 5.22. The van der Waals surface area contributed by atoms with Gasteiger partial charge in [-0.1, -0.05) is 35.8 Å². The van der Waals surface area contributed by atoms with Crippen molar-refractivity contribution in [2.24, 2.45) is 0 Å². The number of nitrogen functional groups attached to an aromatic ring is 1. The number of anilines is 2. The molecule has 0 unspecified atom stereocenters. The van der Waals surface area contributed by atoms with Crippen LogP contribution in [0.1, 0.15) is 31.2 Å². The molecule has 0 spiro atoms. The molecule has 1 saturated carbocycles. The number of nitrogens with two attached hydrogens (primary N) is 1. The highest BCUT2D eigenvalue weighted by Gasteiger charge is 2.24. The van der Waals surface area contributed by atoms with Crippen molar-refractivity contribution in [2.75, 3.05) is 18.2 Å². The number of aliphatic hydroxyl groups is 1. The number of benzene rings is 1. The van der Waals surface area contributed by atoms with E-state index in [4.69, 9.17) is 26.8 Å². The van der Waals surface area contributed by atoms with Crippen LogP contribution in [0.2, 0.25) is 5.02 Å². The summed E-state index contributed by atoms with van der Waals surface area (Å²) in [5, 5.41) is 14.8. The molecule has 1 aliphatic carbocycles. The topological polar surface area (TPSA) is 103 Å². The van der Waals surface area contributed by atoms with Gasteiger partial charge in [-0.2, -0.15) is 0 Å². The van der Waals surface area contributed by atoms with Gasteiger partial charge >= 0.3 is 0 Å². The highest BCUT2D eigenvalue weighted by atomic mass is 35.5. The smallest absolute Gasteiger partial charge is 0.184 e. The molecule has 0 saturated heterocycles. The zero-order valence-corrected chi connectivity index (χ0v) is 17.6. The molecule has 2 aromatic heterocycles. The van der Waals surface area contributed by atoms with Gasteiger partial charge in [-0.05, 0) is 25.0 Å². The fourth-order valence-corrected chi connectivity index (χ4v) is 4.63. The van der Waals surface area contributed by atoms with Crippen molar-refractivity contribution in [2.45, 2.75) is 44.4 Å². The molecule has 4 N–H and O–H groups in total. The second-order valence-electron chi connectivity index (χ2n) is 7.05. The first-order valence-electron chi connectivity index (χ1n) is 9.50. The number of nitrogens with zero attached hydrogens (tertiary/aromatic N) is 2. The molecule has 0 radical (unpaired) electrons. The Balaban J connectivity index is 1.55. The predicted molar refractivity (Wildman–Crippen MR) is 116 cm³/mol. The molecular formula is C20H23ClN4O3S. The molecule has 2 atom stereocenters. The van der Waals surface area contributed by atoms with Crippen LogP contribution in [-0.4, -0.2) is 34.3 Å². The summed E-state index contributed by atoms with van der Waals surface area (Å²) in [4.78, 5) is 8.62. The summed E-state index contributed by atoms with van der Waals surface area (Å²) in [6.45, 7) is 0.262. The van der Waals surface area contributed by atoms with E-state index in [2.05, 4.69) is 15.3 Å². The quantitative estimate of drug-likeness (QED) is 0.533. The van der Waals surface area contributed by atoms with E-state index < -0.39 is 0 Å². The second kappa shape index (κ2) is 8.61. The Hall–Kier alpha value is -2.29. The minimum absolute atomic E-state index is 0.0327. The predicted octanol–water partition coefficient (Wildman–Crippen LogP) is 4.23. The van der Waals surface area contributed by atoms with Gasteiger partial charge in [0, 0.05) is 17.8 Å². The maximum atomic E-state index is 10.2. The van der Waals surface area contributed by atoms with Gasteiger partial charge in [0.1, 0.15) is 29.4 Å². The molecule has 9 heteroatoms. The minimum atomic E-state index is -0.339. The van der Waals surface area contributed by atoms with Gasteiger partial charge < -0.3 is 25.6 Å². The summed E-state index contributed by atoms with van der Waals surface area (Å²) < 4.78 is 12.4. The first-order valence-corrected chi connectivity index (χ1v) is 10.7. The summed E-state index contributed by atoms with van der Waals surface area (Å²) in [5.74, 6) is 1.56. The van der Waals surface area contributed by atoms with Crippen LogP contribution in [0.5, 0.6) is 11.5 Å². The van der Waals surface area contributed by atoms with E-state index in [1.54, 1.807) is 25.4 Å². The van der Waals surface area contributed by atoms with Gasteiger partial charge in [0.25, 0.3) is 0 Å². The van der Waals surface area contributed by atoms with Crippen molar-refractivity contribution in [1.82, 2.24) is 9.97 Å². The summed E-state index contributed by atoms with van der Waals surface area (Å²) >= 11 is 7.71. The average Bonchev–Trinajstić information content (AvgIpc) is 3.12. The number of hydrogen-bond acceptors (Lipinski definition) is 8. The van der Waals surface area contributed by atoms with Gasteiger partial charge in [-0.25, -0.2) is 9.97 Å². The minimum Gasteiger partial charge on any atom is -0.494 e. The molecule has 1 aromatic carbocycles. The first-order chi connectivity index (χ1) is 14.0. The monoisotopic (exact) mass is 434 g/mol. The molecule has 2 heterocycles. The van der Waals surface area contributed by atoms with Crippen LogP contribution >= 0.6 is 22.9 Å². The van der Waals surface area contributed by atoms with Crippen LogP contribution < -0.4 is 20.5 Å². The van der Waals surface area contributed by atoms with Crippen LogP contribution in [-0.2, 0) is 6.61 Å². The number of aromatic nitrogens is 2. The van der Waals surface area contributed by atoms with E-state index in [9.17, 15) is 5.11 Å². The summed E-state index contributed by atoms with van der Waals surface area (Å²) in [6, 6.07) is 5.54. The van der Waals surface area contributed by atoms with Gasteiger partial charge in [0.05, 0.1) is 29.0 Å². The molecule has 3 aromatic rings. The third kappa shape index (κ3) is 4.34. The molecule has 29 heavy (non-hydrogen) atoms. The van der Waals surface area contributed by atoms with Gasteiger partial charge in [-0.15, -0.1) is 0 Å². The zero-order valence-electron chi connectivity index (χ0n) is 16.0. The van der Waals surface area contributed by atoms with Gasteiger partial charge in [0.2, 0.25) is 0 Å². The summed E-state index contributed by atoms with van der Waals surface area (Å²) in [7, 11) is 1.61. The van der Waals surface area contributed by atoms with Crippen LogP contribution in [0.3, 0.4) is 0 Å². The normalized spacial score (nSPS) is 19.3. The Labute approximate surface area is 177 Å². The maximum Gasteiger partial charge on any atom is 0.184 e. The van der Waals surface area contributed by atoms with Crippen LogP contribution in [0.15, 0.2) is 24.4 Å². The molecule has 7 nitrogen and oxygen atoms in total. The van der Waals surface area contributed by atoms with E-state index in [0.29, 0.717) is 16.5 Å². The largest absolute Gasteiger partial charge is 0.494 e. The lowest BCUT2D eigenvalue weighted by molar-refractivity contribution is 0.116. The molecule has 0 bridgehead atoms. The highest BCUT2D eigenvalue weighted by molar-refractivity contribution is 7.22. The third-order valence-electron chi connectivity index (χ3n) is 5.08. The van der Waals surface area contributed by atoms with Crippen LogP contribution in [0.4, 0.5) is 10.9 Å². The third-order valence-corrected chi connectivity index (χ3v) is 6.45. The number of thiazole rings is 1. The molecule has 1 aliphatic rings. The molecule has 154 valence electrons. The van der Waals surface area contributed by atoms with E-state index in [1.807, 2.05) is 6.07 Å². The lowest BCUT2D eigenvalue weighted by atomic mass is 9.93. The van der Waals surface area contributed by atoms with Crippen molar-refractivity contribution in [3.63, 3.8) is 0 Å². The Morgan fingerprint density at radius 1 is 1.34 bits per heavy atom. The number of rotatable bonds is 6. The van der Waals surface area contributed by atoms with Crippen molar-refractivity contribution in [3.05, 3.63) is 35.0 Å². The number of halogens is 1. The SMILES string of the molecule is COc1cc(OCc2ccnc(N)c2Cl)cc2sc(N[C@@H]3CCCC[C@H]3O)nc12. The average molecular weight is 435 g/mol. The van der Waals surface area contributed by atoms with Crippen molar-refractivity contribution < 1.29 is 14.6 Å². The second-order valence-corrected chi connectivity index (χ2v) is 8.46. The number of hydrogen-bond donors (Lipinski definition) is 3. The van der Waals surface area contributed by atoms with E-state index in [-0.39, 0.29) is 24.6 Å². The van der Waals surface area contributed by atoms with Crippen molar-refractivity contribution in [1.29, 1.82) is 0 Å². The maximum absolute atomic E-state index is 10.2. The number of ether oxygens (including phenoxy) is 2. The fraction of sp³-hybridized carbons (Fsp3) is 0.400. The molecule has 0 amide bonds. The van der Waals surface area contributed by atoms with Crippen molar-refractivity contribution in [3.8, 4) is 11.5 Å². The van der Waals surface area contributed by atoms with Crippen molar-refractivity contribution >= 4 is 44.1 Å². The Morgan fingerprint density at radius 2 is 2.17 bits per heavy atom. The highest BCUT2D eigenvalue weighted by Crippen LogP contribution is 2.37. The van der Waals surface area contributed by atoms with Crippen LogP contribution in [0.25, 0.3) is 10.2 Å². The zero-order chi connectivity index (χ0) is 20.4. The Bertz CT molecular complexity index is 1010. The van der Waals surface area contributed by atoms with Gasteiger partial charge in [0.15, 0.2) is 5.13 Å². The van der Waals surface area contributed by atoms with Crippen LogP contribution in [0, 0.1) is 0 Å². The number of fused-ring (bicyclic) bond motifs is 1. The Kier molecular flexibility index (Phi) is 5.94. The summed E-state index contributed by atoms with van der Waals surface area (Å²) in [5.41, 5.74) is 7.28. The standard InChI is InChI=1S/C20H23ClN4O3S/c1-27-15-8-12(28-10-11-6-7-23-19(22)17(11)21)9-16-18(15)25-20(29-16)24-13-4-2-3-5-14(13)26/h6-9,13-14,26H,2-5,10H2,1H3,(H2,22,23)(H,24,25)/t13-,14-/m1/s1.